The van der Waals surface area contributed by atoms with Crippen LogP contribution in [-0.4, -0.2) is 0 Å². The van der Waals surface area contributed by atoms with Gasteiger partial charge in [0.15, 0.2) is 46.5 Å². The molecule has 0 saturated carbocycles. The molecule has 2 aromatic rings. The van der Waals surface area contributed by atoms with Crippen LogP contribution in [0.3, 0.4) is 0 Å². The summed E-state index contributed by atoms with van der Waals surface area (Å²) in [5.74, 6) is -21.9. The molecule has 22 heavy (non-hydrogen) atoms. The standard InChI is InChI=1S/C12HF9S/c13-3-1(4(14)8(18)9(19)7(3)17)2-5(15)10(20)12(22)11(21)6(2)16/h22H. The summed E-state index contributed by atoms with van der Waals surface area (Å²) in [6.07, 6.45) is 0. The Bertz CT molecular complexity index is 675. The molecule has 0 aliphatic heterocycles. The largest absolute Gasteiger partial charge is 0.203 e. The molecule has 0 saturated heterocycles. The van der Waals surface area contributed by atoms with Gasteiger partial charge in [0.05, 0.1) is 16.0 Å². The SMILES string of the molecule is Fc1c(F)c(F)c(-c2c(F)c(F)c(S)c(F)c2F)c(F)c1F. The molecule has 0 aliphatic rings. The molecular formula is C12HF9S. The van der Waals surface area contributed by atoms with E-state index < -0.39 is 68.4 Å². The molecule has 0 amide bonds. The van der Waals surface area contributed by atoms with E-state index in [0.29, 0.717) is 0 Å². The molecule has 0 heterocycles. The summed E-state index contributed by atoms with van der Waals surface area (Å²) < 4.78 is 120. The van der Waals surface area contributed by atoms with Gasteiger partial charge in [-0.1, -0.05) is 0 Å². The fourth-order valence-corrected chi connectivity index (χ4v) is 1.86. The predicted molar refractivity (Wildman–Crippen MR) is 58.8 cm³/mol. The number of thiol groups is 1. The van der Waals surface area contributed by atoms with Crippen molar-refractivity contribution in [2.75, 3.05) is 0 Å². The average Bonchev–Trinajstić information content (AvgIpc) is 2.50. The second-order valence-corrected chi connectivity index (χ2v) is 4.37. The Balaban J connectivity index is 3.03. The first kappa shape index (κ1) is 16.5. The van der Waals surface area contributed by atoms with E-state index in [1.54, 1.807) is 0 Å². The summed E-state index contributed by atoms with van der Waals surface area (Å²) in [5.41, 5.74) is -4.20. The second-order valence-electron chi connectivity index (χ2n) is 3.92. The van der Waals surface area contributed by atoms with E-state index in [1.165, 1.54) is 0 Å². The smallest absolute Gasteiger partial charge is 0.200 e. The van der Waals surface area contributed by atoms with Crippen LogP contribution in [0.5, 0.6) is 0 Å². The molecular weight excluding hydrogens is 347 g/mol. The number of rotatable bonds is 1. The van der Waals surface area contributed by atoms with Gasteiger partial charge in [-0.3, -0.25) is 0 Å². The molecule has 2 rings (SSSR count). The van der Waals surface area contributed by atoms with Crippen molar-refractivity contribution in [2.45, 2.75) is 4.90 Å². The Labute approximate surface area is 121 Å². The first-order valence-corrected chi connectivity index (χ1v) is 5.62. The maximum atomic E-state index is 13.6. The number of hydrogen-bond acceptors (Lipinski definition) is 1. The Kier molecular flexibility index (Phi) is 4.07. The van der Waals surface area contributed by atoms with Gasteiger partial charge in [0.2, 0.25) is 5.82 Å². The lowest BCUT2D eigenvalue weighted by Crippen LogP contribution is -2.09. The molecule has 0 N–H and O–H groups in total. The molecule has 10 heteroatoms. The summed E-state index contributed by atoms with van der Waals surface area (Å²) >= 11 is 3.09. The minimum atomic E-state index is -2.61. The van der Waals surface area contributed by atoms with Gasteiger partial charge >= 0.3 is 0 Å². The van der Waals surface area contributed by atoms with E-state index in [1.807, 2.05) is 0 Å². The third-order valence-corrected chi connectivity index (χ3v) is 3.09. The van der Waals surface area contributed by atoms with Crippen LogP contribution < -0.4 is 0 Å². The van der Waals surface area contributed by atoms with Gasteiger partial charge in [-0.05, 0) is 0 Å². The Morgan fingerprint density at radius 2 is 0.591 bits per heavy atom. The molecule has 0 fully saturated rings. The van der Waals surface area contributed by atoms with Gasteiger partial charge in [0, 0.05) is 0 Å². The lowest BCUT2D eigenvalue weighted by atomic mass is 10.0. The molecule has 0 atom stereocenters. The highest BCUT2D eigenvalue weighted by molar-refractivity contribution is 7.80. The van der Waals surface area contributed by atoms with Crippen molar-refractivity contribution in [3.63, 3.8) is 0 Å². The Morgan fingerprint density at radius 3 is 0.909 bits per heavy atom. The van der Waals surface area contributed by atoms with Crippen LogP contribution in [0.1, 0.15) is 0 Å². The maximum Gasteiger partial charge on any atom is 0.200 e. The van der Waals surface area contributed by atoms with Gasteiger partial charge < -0.3 is 0 Å². The van der Waals surface area contributed by atoms with Gasteiger partial charge in [0.25, 0.3) is 0 Å². The molecule has 118 valence electrons. The Morgan fingerprint density at radius 1 is 0.364 bits per heavy atom. The minimum absolute atomic E-state index is 1.46. The number of benzene rings is 2. The molecule has 0 nitrogen and oxygen atoms in total. The van der Waals surface area contributed by atoms with Crippen molar-refractivity contribution in [3.8, 4) is 11.1 Å². The zero-order valence-corrected chi connectivity index (χ0v) is 10.7. The lowest BCUT2D eigenvalue weighted by molar-refractivity contribution is 0.378. The van der Waals surface area contributed by atoms with Crippen LogP contribution in [0.4, 0.5) is 39.5 Å². The van der Waals surface area contributed by atoms with Gasteiger partial charge in [-0.2, -0.15) is 0 Å². The second kappa shape index (κ2) is 5.41. The fraction of sp³-hybridized carbons (Fsp3) is 0. The summed E-state index contributed by atoms with van der Waals surface area (Å²) in [6.45, 7) is 0. The highest BCUT2D eigenvalue weighted by Gasteiger charge is 2.33. The zero-order valence-electron chi connectivity index (χ0n) is 9.85. The molecule has 0 bridgehead atoms. The topological polar surface area (TPSA) is 0 Å². The van der Waals surface area contributed by atoms with Gasteiger partial charge in [0.1, 0.15) is 0 Å². The highest BCUT2D eigenvalue weighted by Crippen LogP contribution is 2.38. The van der Waals surface area contributed by atoms with Gasteiger partial charge in [-0.15, -0.1) is 12.6 Å². The Hall–Kier alpha value is -1.84. The van der Waals surface area contributed by atoms with Crippen LogP contribution in [0.25, 0.3) is 11.1 Å². The zero-order chi connectivity index (χ0) is 16.9. The van der Waals surface area contributed by atoms with Crippen LogP contribution in [0.15, 0.2) is 4.90 Å². The first-order chi connectivity index (χ1) is 10.1. The summed E-state index contributed by atoms with van der Waals surface area (Å²) in [6, 6.07) is 0. The number of halogens is 9. The quantitative estimate of drug-likeness (QED) is 0.322. The van der Waals surface area contributed by atoms with Crippen molar-refractivity contribution in [1.82, 2.24) is 0 Å². The molecule has 0 aromatic heterocycles. The molecule has 0 aliphatic carbocycles. The van der Waals surface area contributed by atoms with E-state index in [-0.39, 0.29) is 0 Å². The molecule has 0 radical (unpaired) electrons. The normalized spacial score (nSPS) is 11.2. The van der Waals surface area contributed by atoms with Crippen molar-refractivity contribution in [2.24, 2.45) is 0 Å². The first-order valence-electron chi connectivity index (χ1n) is 5.17. The van der Waals surface area contributed by atoms with E-state index in [2.05, 4.69) is 12.6 Å². The number of hydrogen-bond donors (Lipinski definition) is 1. The van der Waals surface area contributed by atoms with Crippen molar-refractivity contribution < 1.29 is 39.5 Å². The lowest BCUT2D eigenvalue weighted by Gasteiger charge is -2.12. The summed E-state index contributed by atoms with van der Waals surface area (Å²) in [7, 11) is 0. The highest BCUT2D eigenvalue weighted by atomic mass is 32.1. The average molecular weight is 348 g/mol. The maximum absolute atomic E-state index is 13.6. The minimum Gasteiger partial charge on any atom is -0.203 e. The van der Waals surface area contributed by atoms with Crippen LogP contribution >= 0.6 is 12.6 Å². The van der Waals surface area contributed by atoms with Crippen molar-refractivity contribution >= 4 is 12.6 Å². The molecule has 0 spiro atoms. The van der Waals surface area contributed by atoms with Crippen molar-refractivity contribution in [1.29, 1.82) is 0 Å². The van der Waals surface area contributed by atoms with Crippen LogP contribution in [-0.2, 0) is 0 Å². The summed E-state index contributed by atoms with van der Waals surface area (Å²) in [4.78, 5) is -1.46. The van der Waals surface area contributed by atoms with Gasteiger partial charge in [-0.25, -0.2) is 39.5 Å². The van der Waals surface area contributed by atoms with E-state index in [0.717, 1.165) is 0 Å². The molecule has 2 aromatic carbocycles. The van der Waals surface area contributed by atoms with E-state index >= 15 is 0 Å². The van der Waals surface area contributed by atoms with E-state index in [4.69, 9.17) is 0 Å². The predicted octanol–water partition coefficient (Wildman–Crippen LogP) is 4.89. The third kappa shape index (κ3) is 2.13. The monoisotopic (exact) mass is 348 g/mol. The van der Waals surface area contributed by atoms with Crippen molar-refractivity contribution in [3.05, 3.63) is 52.4 Å². The molecule has 0 unspecified atom stereocenters. The van der Waals surface area contributed by atoms with Crippen LogP contribution in [0.2, 0.25) is 0 Å². The van der Waals surface area contributed by atoms with E-state index in [9.17, 15) is 39.5 Å². The summed E-state index contributed by atoms with van der Waals surface area (Å²) in [5, 5.41) is 0. The van der Waals surface area contributed by atoms with Crippen LogP contribution in [0, 0.1) is 52.4 Å². The third-order valence-electron chi connectivity index (χ3n) is 2.70. The fourth-order valence-electron chi connectivity index (χ4n) is 1.66.